The van der Waals surface area contributed by atoms with Gasteiger partial charge < -0.3 is 14.7 Å². The number of hydrogen-bond donors (Lipinski definition) is 1. The molecule has 0 saturated carbocycles. The van der Waals surface area contributed by atoms with Crippen LogP contribution in [0.4, 0.5) is 0 Å². The standard InChI is InChI=1S/C17H27NO3/c19-15-6-11-21-17(13-15)7-9-18(10-8-17)16(20)12-14-4-2-1-3-5-14/h4,15,19H,1-3,5-13H2. The van der Waals surface area contributed by atoms with Gasteiger partial charge in [0.05, 0.1) is 11.7 Å². The summed E-state index contributed by atoms with van der Waals surface area (Å²) in [5, 5.41) is 9.85. The van der Waals surface area contributed by atoms with Crippen molar-refractivity contribution < 1.29 is 14.6 Å². The minimum Gasteiger partial charge on any atom is -0.393 e. The zero-order valence-electron chi connectivity index (χ0n) is 12.9. The molecule has 0 aromatic carbocycles. The lowest BCUT2D eigenvalue weighted by atomic mass is 9.83. The number of ether oxygens (including phenoxy) is 1. The van der Waals surface area contributed by atoms with E-state index in [9.17, 15) is 9.90 Å². The Kier molecular flexibility index (Phi) is 4.65. The molecule has 0 aromatic heterocycles. The van der Waals surface area contributed by atoms with Crippen LogP contribution in [-0.4, -0.2) is 47.3 Å². The van der Waals surface area contributed by atoms with Crippen LogP contribution in [0.25, 0.3) is 0 Å². The summed E-state index contributed by atoms with van der Waals surface area (Å²) in [5.74, 6) is 0.273. The molecule has 1 atom stereocenters. The van der Waals surface area contributed by atoms with Crippen molar-refractivity contribution in [3.8, 4) is 0 Å². The highest BCUT2D eigenvalue weighted by Gasteiger charge is 2.40. The van der Waals surface area contributed by atoms with Crippen LogP contribution < -0.4 is 0 Å². The highest BCUT2D eigenvalue weighted by molar-refractivity contribution is 5.78. The van der Waals surface area contributed by atoms with Crippen molar-refractivity contribution in [3.63, 3.8) is 0 Å². The maximum absolute atomic E-state index is 12.4. The molecule has 0 bridgehead atoms. The Labute approximate surface area is 127 Å². The molecule has 3 aliphatic rings. The molecule has 21 heavy (non-hydrogen) atoms. The van der Waals surface area contributed by atoms with E-state index >= 15 is 0 Å². The zero-order valence-corrected chi connectivity index (χ0v) is 12.9. The van der Waals surface area contributed by atoms with E-state index in [4.69, 9.17) is 4.74 Å². The van der Waals surface area contributed by atoms with Crippen molar-refractivity contribution in [2.75, 3.05) is 19.7 Å². The molecular weight excluding hydrogens is 266 g/mol. The van der Waals surface area contributed by atoms with Gasteiger partial charge in [0.25, 0.3) is 0 Å². The molecule has 1 aliphatic carbocycles. The molecule has 3 rings (SSSR count). The third kappa shape index (κ3) is 3.67. The van der Waals surface area contributed by atoms with Gasteiger partial charge in [-0.05, 0) is 44.9 Å². The molecule has 2 fully saturated rings. The van der Waals surface area contributed by atoms with Crippen LogP contribution in [-0.2, 0) is 9.53 Å². The fourth-order valence-electron chi connectivity index (χ4n) is 3.89. The summed E-state index contributed by atoms with van der Waals surface area (Å²) in [6.07, 6.45) is 10.6. The molecule has 2 heterocycles. The molecule has 4 heteroatoms. The Morgan fingerprint density at radius 2 is 2.19 bits per heavy atom. The summed E-state index contributed by atoms with van der Waals surface area (Å²) in [7, 11) is 0. The lowest BCUT2D eigenvalue weighted by Gasteiger charge is -2.45. The van der Waals surface area contributed by atoms with Gasteiger partial charge in [-0.2, -0.15) is 0 Å². The number of hydrogen-bond acceptors (Lipinski definition) is 3. The van der Waals surface area contributed by atoms with Gasteiger partial charge in [0, 0.05) is 32.5 Å². The third-order valence-electron chi connectivity index (χ3n) is 5.26. The first kappa shape index (κ1) is 15.0. The predicted octanol–water partition coefficient (Wildman–Crippen LogP) is 2.41. The number of rotatable bonds is 2. The second kappa shape index (κ2) is 6.49. The molecule has 0 radical (unpaired) electrons. The van der Waals surface area contributed by atoms with Crippen LogP contribution in [0.3, 0.4) is 0 Å². The minimum absolute atomic E-state index is 0.168. The normalized spacial score (nSPS) is 29.3. The van der Waals surface area contributed by atoms with Gasteiger partial charge >= 0.3 is 0 Å². The summed E-state index contributed by atoms with van der Waals surface area (Å²) in [5.41, 5.74) is 1.16. The number of aliphatic hydroxyl groups excluding tert-OH is 1. The average Bonchev–Trinajstić information content (AvgIpc) is 2.49. The van der Waals surface area contributed by atoms with Gasteiger partial charge in [-0.1, -0.05) is 11.6 Å². The molecule has 2 saturated heterocycles. The smallest absolute Gasteiger partial charge is 0.226 e. The van der Waals surface area contributed by atoms with E-state index < -0.39 is 0 Å². The van der Waals surface area contributed by atoms with Crippen LogP contribution in [0.2, 0.25) is 0 Å². The van der Waals surface area contributed by atoms with Crippen LogP contribution >= 0.6 is 0 Å². The quantitative estimate of drug-likeness (QED) is 0.795. The van der Waals surface area contributed by atoms with Crippen LogP contribution in [0.15, 0.2) is 11.6 Å². The molecule has 1 unspecified atom stereocenters. The van der Waals surface area contributed by atoms with E-state index in [1.165, 1.54) is 18.4 Å². The monoisotopic (exact) mass is 293 g/mol. The first-order chi connectivity index (χ1) is 10.2. The molecular formula is C17H27NO3. The van der Waals surface area contributed by atoms with Crippen LogP contribution in [0.1, 0.15) is 57.8 Å². The molecule has 0 aromatic rings. The zero-order chi connectivity index (χ0) is 14.7. The molecule has 1 spiro atoms. The van der Waals surface area contributed by atoms with Gasteiger partial charge in [-0.3, -0.25) is 4.79 Å². The summed E-state index contributed by atoms with van der Waals surface area (Å²) >= 11 is 0. The van der Waals surface area contributed by atoms with Gasteiger partial charge in [0.1, 0.15) is 0 Å². The number of allylic oxidation sites excluding steroid dienone is 1. The number of aliphatic hydroxyl groups is 1. The van der Waals surface area contributed by atoms with Gasteiger partial charge in [0.15, 0.2) is 0 Å². The summed E-state index contributed by atoms with van der Waals surface area (Å²) in [6.45, 7) is 2.21. The number of piperidine rings is 1. The van der Waals surface area contributed by atoms with Crippen LogP contribution in [0.5, 0.6) is 0 Å². The Balaban J connectivity index is 1.50. The number of likely N-dealkylation sites (tertiary alicyclic amines) is 1. The van der Waals surface area contributed by atoms with E-state index in [1.54, 1.807) is 0 Å². The van der Waals surface area contributed by atoms with Crippen molar-refractivity contribution >= 4 is 5.91 Å². The fraction of sp³-hybridized carbons (Fsp3) is 0.824. The van der Waals surface area contributed by atoms with Crippen molar-refractivity contribution in [1.82, 2.24) is 4.90 Å². The number of carbonyl (C=O) groups excluding carboxylic acids is 1. The Bertz CT molecular complexity index is 410. The van der Waals surface area contributed by atoms with E-state index in [1.807, 2.05) is 4.90 Å². The molecule has 1 amide bonds. The van der Waals surface area contributed by atoms with E-state index in [-0.39, 0.29) is 17.6 Å². The Hall–Kier alpha value is -0.870. The second-order valence-electron chi connectivity index (χ2n) is 6.84. The molecule has 1 N–H and O–H groups in total. The fourth-order valence-corrected chi connectivity index (χ4v) is 3.89. The van der Waals surface area contributed by atoms with Gasteiger partial charge in [-0.25, -0.2) is 0 Å². The van der Waals surface area contributed by atoms with Crippen molar-refractivity contribution in [3.05, 3.63) is 11.6 Å². The minimum atomic E-state index is -0.228. The molecule has 118 valence electrons. The summed E-state index contributed by atoms with van der Waals surface area (Å²) in [6, 6.07) is 0. The lowest BCUT2D eigenvalue weighted by molar-refractivity contribution is -0.153. The third-order valence-corrected chi connectivity index (χ3v) is 5.26. The number of nitrogens with zero attached hydrogens (tertiary/aromatic N) is 1. The van der Waals surface area contributed by atoms with E-state index in [0.717, 1.165) is 51.6 Å². The van der Waals surface area contributed by atoms with Gasteiger partial charge in [-0.15, -0.1) is 0 Å². The van der Waals surface area contributed by atoms with E-state index in [0.29, 0.717) is 13.0 Å². The summed E-state index contributed by atoms with van der Waals surface area (Å²) < 4.78 is 5.95. The van der Waals surface area contributed by atoms with Gasteiger partial charge in [0.2, 0.25) is 5.91 Å². The first-order valence-electron chi connectivity index (χ1n) is 8.45. The first-order valence-corrected chi connectivity index (χ1v) is 8.45. The van der Waals surface area contributed by atoms with Crippen molar-refractivity contribution in [1.29, 1.82) is 0 Å². The average molecular weight is 293 g/mol. The van der Waals surface area contributed by atoms with Crippen LogP contribution in [0, 0.1) is 0 Å². The highest BCUT2D eigenvalue weighted by atomic mass is 16.5. The summed E-state index contributed by atoms with van der Waals surface area (Å²) in [4.78, 5) is 14.4. The lowest BCUT2D eigenvalue weighted by Crippen LogP contribution is -2.51. The topological polar surface area (TPSA) is 49.8 Å². The number of carbonyl (C=O) groups is 1. The predicted molar refractivity (Wildman–Crippen MR) is 80.9 cm³/mol. The molecule has 4 nitrogen and oxygen atoms in total. The Morgan fingerprint density at radius 1 is 1.38 bits per heavy atom. The maximum Gasteiger partial charge on any atom is 0.226 e. The highest BCUT2D eigenvalue weighted by Crippen LogP contribution is 2.35. The maximum atomic E-state index is 12.4. The SMILES string of the molecule is O=C(CC1=CCCCC1)N1CCC2(CC1)CC(O)CCO2. The van der Waals surface area contributed by atoms with E-state index in [2.05, 4.69) is 6.08 Å². The Morgan fingerprint density at radius 3 is 2.86 bits per heavy atom. The largest absolute Gasteiger partial charge is 0.393 e. The second-order valence-corrected chi connectivity index (χ2v) is 6.84. The number of amides is 1. The molecule has 2 aliphatic heterocycles. The van der Waals surface area contributed by atoms with Crippen molar-refractivity contribution in [2.45, 2.75) is 69.5 Å². The van der Waals surface area contributed by atoms with Crippen molar-refractivity contribution in [2.24, 2.45) is 0 Å².